The lowest BCUT2D eigenvalue weighted by Gasteiger charge is -2.07. The predicted octanol–water partition coefficient (Wildman–Crippen LogP) is 5.67. The number of carbonyl (C=O) groups is 4. The van der Waals surface area contributed by atoms with Crippen molar-refractivity contribution >= 4 is 23.9 Å². The SMILES string of the molecule is O=C1OC(=O)c2cc(OCCCCCCCCCCCCOc3ccc4c(c3)C(=O)OC4=O)ccc21. The summed E-state index contributed by atoms with van der Waals surface area (Å²) in [6.45, 7) is 1.16. The van der Waals surface area contributed by atoms with E-state index < -0.39 is 23.9 Å². The molecule has 8 nitrogen and oxygen atoms in total. The summed E-state index contributed by atoms with van der Waals surface area (Å²) in [4.78, 5) is 46.1. The van der Waals surface area contributed by atoms with Crippen LogP contribution >= 0.6 is 0 Å². The number of carbonyl (C=O) groups excluding carboxylic acids is 4. The maximum Gasteiger partial charge on any atom is 0.347 e. The fourth-order valence-corrected chi connectivity index (χ4v) is 4.31. The monoisotopic (exact) mass is 494 g/mol. The molecule has 0 fully saturated rings. The standard InChI is InChI=1S/C28H30O8/c29-25-21-13-11-19(17-23(21)27(31)35-25)33-15-9-7-5-3-1-2-4-6-8-10-16-34-20-12-14-22-24(18-20)28(32)36-26(22)30/h11-14,17-18H,1-10,15-16H2. The molecule has 190 valence electrons. The van der Waals surface area contributed by atoms with Crippen LogP contribution in [0.5, 0.6) is 11.5 Å². The molecule has 8 heteroatoms. The van der Waals surface area contributed by atoms with Crippen LogP contribution in [-0.4, -0.2) is 37.1 Å². The fourth-order valence-electron chi connectivity index (χ4n) is 4.31. The molecule has 2 aromatic carbocycles. The zero-order valence-corrected chi connectivity index (χ0v) is 20.2. The van der Waals surface area contributed by atoms with Crippen molar-refractivity contribution in [2.24, 2.45) is 0 Å². The third-order valence-electron chi connectivity index (χ3n) is 6.31. The van der Waals surface area contributed by atoms with Crippen LogP contribution < -0.4 is 9.47 Å². The number of benzene rings is 2. The third kappa shape index (κ3) is 6.50. The highest BCUT2D eigenvalue weighted by molar-refractivity contribution is 6.15. The van der Waals surface area contributed by atoms with Crippen molar-refractivity contribution in [1.82, 2.24) is 0 Å². The normalized spacial score (nSPS) is 13.9. The van der Waals surface area contributed by atoms with Gasteiger partial charge < -0.3 is 18.9 Å². The molecule has 0 spiro atoms. The lowest BCUT2D eigenvalue weighted by Crippen LogP contribution is -1.99. The number of ether oxygens (including phenoxy) is 4. The van der Waals surface area contributed by atoms with Crippen molar-refractivity contribution in [2.45, 2.75) is 64.2 Å². The molecule has 0 atom stereocenters. The summed E-state index contributed by atoms with van der Waals surface area (Å²) >= 11 is 0. The Hall–Kier alpha value is -3.68. The van der Waals surface area contributed by atoms with Gasteiger partial charge in [-0.1, -0.05) is 51.4 Å². The van der Waals surface area contributed by atoms with Gasteiger partial charge in [-0.15, -0.1) is 0 Å². The van der Waals surface area contributed by atoms with Crippen molar-refractivity contribution < 1.29 is 38.1 Å². The number of unbranched alkanes of at least 4 members (excludes halogenated alkanes) is 9. The number of rotatable bonds is 15. The smallest absolute Gasteiger partial charge is 0.347 e. The highest BCUT2D eigenvalue weighted by atomic mass is 16.6. The zero-order valence-electron chi connectivity index (χ0n) is 20.2. The highest BCUT2D eigenvalue weighted by Crippen LogP contribution is 2.26. The topological polar surface area (TPSA) is 105 Å². The lowest BCUT2D eigenvalue weighted by molar-refractivity contribution is 0.0425. The van der Waals surface area contributed by atoms with E-state index >= 15 is 0 Å². The molecule has 0 saturated carbocycles. The van der Waals surface area contributed by atoms with Crippen LogP contribution in [0.1, 0.15) is 106 Å². The van der Waals surface area contributed by atoms with E-state index in [2.05, 4.69) is 9.47 Å². The first kappa shape index (κ1) is 25.4. The van der Waals surface area contributed by atoms with Crippen LogP contribution in [0, 0.1) is 0 Å². The molecule has 2 aromatic rings. The van der Waals surface area contributed by atoms with Gasteiger partial charge in [-0.25, -0.2) is 19.2 Å². The fraction of sp³-hybridized carbons (Fsp3) is 0.429. The Morgan fingerprint density at radius 3 is 1.17 bits per heavy atom. The van der Waals surface area contributed by atoms with E-state index in [4.69, 9.17) is 9.47 Å². The van der Waals surface area contributed by atoms with E-state index in [0.717, 1.165) is 25.7 Å². The van der Waals surface area contributed by atoms with Gasteiger partial charge in [0.1, 0.15) is 11.5 Å². The van der Waals surface area contributed by atoms with Crippen LogP contribution in [0.4, 0.5) is 0 Å². The van der Waals surface area contributed by atoms with Crippen molar-refractivity contribution in [3.63, 3.8) is 0 Å². The molecule has 2 aliphatic rings. The number of hydrogen-bond acceptors (Lipinski definition) is 8. The van der Waals surface area contributed by atoms with Crippen LogP contribution in [0.3, 0.4) is 0 Å². The number of hydrogen-bond donors (Lipinski definition) is 0. The van der Waals surface area contributed by atoms with Crippen molar-refractivity contribution in [2.75, 3.05) is 13.2 Å². The molecule has 0 N–H and O–H groups in total. The molecule has 0 amide bonds. The Bertz CT molecular complexity index is 1050. The molecule has 0 radical (unpaired) electrons. The molecule has 0 aromatic heterocycles. The predicted molar refractivity (Wildman–Crippen MR) is 130 cm³/mol. The Balaban J connectivity index is 0.957. The first-order valence-corrected chi connectivity index (χ1v) is 12.6. The average molecular weight is 495 g/mol. The quantitative estimate of drug-likeness (QED) is 0.177. The van der Waals surface area contributed by atoms with Gasteiger partial charge in [0.05, 0.1) is 35.5 Å². The van der Waals surface area contributed by atoms with Crippen LogP contribution in [0.25, 0.3) is 0 Å². The first-order chi connectivity index (χ1) is 17.5. The summed E-state index contributed by atoms with van der Waals surface area (Å²) in [5.74, 6) is -1.26. The second kappa shape index (κ2) is 12.3. The van der Waals surface area contributed by atoms with Crippen LogP contribution in [0.15, 0.2) is 36.4 Å². The van der Waals surface area contributed by atoms with E-state index in [1.807, 2.05) is 0 Å². The maximum absolute atomic E-state index is 11.6. The summed E-state index contributed by atoms with van der Waals surface area (Å²) in [6.07, 6.45) is 11.3. The second-order valence-corrected chi connectivity index (χ2v) is 9.00. The highest BCUT2D eigenvalue weighted by Gasteiger charge is 2.30. The Labute approximate surface area is 209 Å². The minimum Gasteiger partial charge on any atom is -0.494 e. The summed E-state index contributed by atoms with van der Waals surface area (Å²) in [6, 6.07) is 9.67. The summed E-state index contributed by atoms with van der Waals surface area (Å²) in [5.41, 5.74) is 1.14. The van der Waals surface area contributed by atoms with Crippen molar-refractivity contribution in [3.05, 3.63) is 58.7 Å². The average Bonchev–Trinajstić information content (AvgIpc) is 3.32. The van der Waals surface area contributed by atoms with Gasteiger partial charge in [0.25, 0.3) is 0 Å². The zero-order chi connectivity index (χ0) is 25.3. The molecule has 0 aliphatic carbocycles. The van der Waals surface area contributed by atoms with Gasteiger partial charge in [0, 0.05) is 0 Å². The maximum atomic E-state index is 11.6. The van der Waals surface area contributed by atoms with E-state index in [0.29, 0.717) is 35.8 Å². The van der Waals surface area contributed by atoms with Gasteiger partial charge in [-0.05, 0) is 49.2 Å². The lowest BCUT2D eigenvalue weighted by atomic mass is 10.1. The van der Waals surface area contributed by atoms with Gasteiger partial charge in [-0.2, -0.15) is 0 Å². The Morgan fingerprint density at radius 2 is 0.778 bits per heavy atom. The van der Waals surface area contributed by atoms with Crippen LogP contribution in [-0.2, 0) is 9.47 Å². The minimum atomic E-state index is -0.613. The largest absolute Gasteiger partial charge is 0.494 e. The second-order valence-electron chi connectivity index (χ2n) is 9.00. The summed E-state index contributed by atoms with van der Waals surface area (Å²) in [7, 11) is 0. The molecule has 0 bridgehead atoms. The van der Waals surface area contributed by atoms with Gasteiger partial charge in [0.15, 0.2) is 0 Å². The molecular formula is C28H30O8. The van der Waals surface area contributed by atoms with Gasteiger partial charge in [0.2, 0.25) is 0 Å². The molecule has 4 rings (SSSR count). The molecule has 0 saturated heterocycles. The Morgan fingerprint density at radius 1 is 0.444 bits per heavy atom. The number of fused-ring (bicyclic) bond motifs is 2. The van der Waals surface area contributed by atoms with Crippen molar-refractivity contribution in [3.8, 4) is 11.5 Å². The van der Waals surface area contributed by atoms with E-state index in [1.54, 1.807) is 36.4 Å². The number of esters is 4. The summed E-state index contributed by atoms with van der Waals surface area (Å²) in [5, 5.41) is 0. The molecule has 36 heavy (non-hydrogen) atoms. The number of cyclic esters (lactones) is 4. The van der Waals surface area contributed by atoms with E-state index in [-0.39, 0.29) is 11.1 Å². The minimum absolute atomic E-state index is 0.274. The van der Waals surface area contributed by atoms with Crippen LogP contribution in [0.2, 0.25) is 0 Å². The van der Waals surface area contributed by atoms with Gasteiger partial charge in [-0.3, -0.25) is 0 Å². The van der Waals surface area contributed by atoms with E-state index in [1.165, 1.54) is 38.5 Å². The van der Waals surface area contributed by atoms with E-state index in [9.17, 15) is 19.2 Å². The van der Waals surface area contributed by atoms with Gasteiger partial charge >= 0.3 is 23.9 Å². The Kier molecular flexibility index (Phi) is 8.71. The van der Waals surface area contributed by atoms with Crippen molar-refractivity contribution in [1.29, 1.82) is 0 Å². The molecule has 2 heterocycles. The third-order valence-corrected chi connectivity index (χ3v) is 6.31. The molecule has 2 aliphatic heterocycles. The molecular weight excluding hydrogens is 464 g/mol. The first-order valence-electron chi connectivity index (χ1n) is 12.6. The molecule has 0 unspecified atom stereocenters. The summed E-state index contributed by atoms with van der Waals surface area (Å²) < 4.78 is 20.6.